The number of carbonyl (C=O) groups excluding carboxylic acids is 1. The molecule has 5 nitrogen and oxygen atoms in total. The van der Waals surface area contributed by atoms with E-state index in [1.165, 1.54) is 19.4 Å². The first-order chi connectivity index (χ1) is 10.1. The predicted molar refractivity (Wildman–Crippen MR) is 86.2 cm³/mol. The van der Waals surface area contributed by atoms with Crippen LogP contribution >= 0.6 is 0 Å². The molecule has 1 saturated heterocycles. The topological polar surface area (TPSA) is 61.6 Å². The van der Waals surface area contributed by atoms with Crippen LogP contribution in [-0.2, 0) is 4.79 Å². The molecule has 1 heterocycles. The van der Waals surface area contributed by atoms with Crippen molar-refractivity contribution >= 4 is 5.91 Å². The van der Waals surface area contributed by atoms with E-state index in [-0.39, 0.29) is 5.91 Å². The lowest BCUT2D eigenvalue weighted by molar-refractivity contribution is -0.126. The number of hydrogen-bond acceptors (Lipinski definition) is 4. The van der Waals surface area contributed by atoms with Crippen LogP contribution < -0.4 is 11.1 Å². The Morgan fingerprint density at radius 1 is 1.29 bits per heavy atom. The highest BCUT2D eigenvalue weighted by Crippen LogP contribution is 2.31. The van der Waals surface area contributed by atoms with Gasteiger partial charge in [-0.25, -0.2) is 0 Å². The molecule has 3 N–H and O–H groups in total. The van der Waals surface area contributed by atoms with Crippen molar-refractivity contribution in [3.63, 3.8) is 0 Å². The Morgan fingerprint density at radius 3 is 2.81 bits per heavy atom. The summed E-state index contributed by atoms with van der Waals surface area (Å²) in [5.41, 5.74) is 5.28. The zero-order valence-corrected chi connectivity index (χ0v) is 13.7. The lowest BCUT2D eigenvalue weighted by atomic mass is 9.77. The number of likely N-dealkylation sites (N-methyl/N-ethyl adjacent to an activating group) is 1. The summed E-state index contributed by atoms with van der Waals surface area (Å²) in [7, 11) is 2.20. The van der Waals surface area contributed by atoms with E-state index in [4.69, 9.17) is 5.73 Å². The second-order valence-corrected chi connectivity index (χ2v) is 6.82. The van der Waals surface area contributed by atoms with Gasteiger partial charge < -0.3 is 16.0 Å². The Morgan fingerprint density at radius 2 is 2.10 bits per heavy atom. The van der Waals surface area contributed by atoms with Crippen molar-refractivity contribution in [3.05, 3.63) is 0 Å². The number of primary amides is 1. The van der Waals surface area contributed by atoms with Crippen LogP contribution in [0.3, 0.4) is 0 Å². The fraction of sp³-hybridized carbons (Fsp3) is 0.938. The van der Waals surface area contributed by atoms with E-state index in [9.17, 15) is 4.79 Å². The maximum Gasteiger partial charge on any atom is 0.237 e. The summed E-state index contributed by atoms with van der Waals surface area (Å²) in [6, 6.07) is 0.502. The molecule has 1 aliphatic carbocycles. The first-order valence-electron chi connectivity index (χ1n) is 8.55. The maximum atomic E-state index is 12.1. The van der Waals surface area contributed by atoms with Crippen LogP contribution in [-0.4, -0.2) is 67.1 Å². The Labute approximate surface area is 129 Å². The molecule has 0 aromatic carbocycles. The molecule has 0 aromatic rings. The maximum absolute atomic E-state index is 12.1. The molecule has 2 fully saturated rings. The number of nitrogens with zero attached hydrogens (tertiary/aromatic N) is 2. The standard InChI is InChI=1S/C16H32N4O/c1-3-8-18-16(15(17)21)7-4-6-14(13-16)20-10-5-9-19(2)11-12-20/h14,18H,3-13H2,1-2H3,(H2,17,21). The lowest BCUT2D eigenvalue weighted by Crippen LogP contribution is -2.61. The SMILES string of the molecule is CCCNC1(C(N)=O)CCCC(N2CCCN(C)CC2)C1. The lowest BCUT2D eigenvalue weighted by Gasteiger charge is -2.43. The van der Waals surface area contributed by atoms with Crippen molar-refractivity contribution in [2.24, 2.45) is 5.73 Å². The molecule has 2 atom stereocenters. The van der Waals surface area contributed by atoms with Gasteiger partial charge in [-0.15, -0.1) is 0 Å². The highest BCUT2D eigenvalue weighted by Gasteiger charge is 2.42. The zero-order valence-electron chi connectivity index (χ0n) is 13.7. The fourth-order valence-corrected chi connectivity index (χ4v) is 3.82. The molecule has 2 rings (SSSR count). The zero-order chi connectivity index (χ0) is 15.3. The van der Waals surface area contributed by atoms with Gasteiger partial charge in [-0.2, -0.15) is 0 Å². The molecular weight excluding hydrogens is 264 g/mol. The van der Waals surface area contributed by atoms with Gasteiger partial charge in [-0.3, -0.25) is 9.69 Å². The number of nitrogens with two attached hydrogens (primary N) is 1. The smallest absolute Gasteiger partial charge is 0.237 e. The number of nitrogens with one attached hydrogen (secondary N) is 1. The van der Waals surface area contributed by atoms with Crippen molar-refractivity contribution in [2.75, 3.05) is 39.8 Å². The van der Waals surface area contributed by atoms with Gasteiger partial charge in [0.2, 0.25) is 5.91 Å². The fourth-order valence-electron chi connectivity index (χ4n) is 3.82. The molecule has 5 heteroatoms. The number of amides is 1. The molecule has 0 radical (unpaired) electrons. The summed E-state index contributed by atoms with van der Waals surface area (Å²) < 4.78 is 0. The Hall–Kier alpha value is -0.650. The van der Waals surface area contributed by atoms with Crippen LogP contribution in [0.5, 0.6) is 0 Å². The predicted octanol–water partition coefficient (Wildman–Crippen LogP) is 0.790. The second-order valence-electron chi connectivity index (χ2n) is 6.82. The third kappa shape index (κ3) is 4.18. The largest absolute Gasteiger partial charge is 0.368 e. The van der Waals surface area contributed by atoms with Crippen LogP contribution in [0, 0.1) is 0 Å². The van der Waals surface area contributed by atoms with E-state index < -0.39 is 5.54 Å². The van der Waals surface area contributed by atoms with Gasteiger partial charge in [0.25, 0.3) is 0 Å². The van der Waals surface area contributed by atoms with Crippen molar-refractivity contribution in [2.45, 2.75) is 57.0 Å². The third-order valence-corrected chi connectivity index (χ3v) is 5.18. The molecule has 2 unspecified atom stereocenters. The summed E-state index contributed by atoms with van der Waals surface area (Å²) in [5, 5.41) is 3.47. The average molecular weight is 296 g/mol. The quantitative estimate of drug-likeness (QED) is 0.787. The Bertz CT molecular complexity index is 349. The normalized spacial score (nSPS) is 32.8. The van der Waals surface area contributed by atoms with E-state index in [0.717, 1.165) is 51.9 Å². The molecule has 21 heavy (non-hydrogen) atoms. The van der Waals surface area contributed by atoms with Gasteiger partial charge in [0.1, 0.15) is 0 Å². The molecule has 2 aliphatic rings. The van der Waals surface area contributed by atoms with Crippen LogP contribution in [0.4, 0.5) is 0 Å². The highest BCUT2D eigenvalue weighted by molar-refractivity contribution is 5.84. The van der Waals surface area contributed by atoms with Crippen LogP contribution in [0.25, 0.3) is 0 Å². The molecule has 1 amide bonds. The van der Waals surface area contributed by atoms with E-state index in [1.54, 1.807) is 0 Å². The number of hydrogen-bond donors (Lipinski definition) is 2. The van der Waals surface area contributed by atoms with Crippen LogP contribution in [0.15, 0.2) is 0 Å². The van der Waals surface area contributed by atoms with Crippen molar-refractivity contribution in [3.8, 4) is 0 Å². The van der Waals surface area contributed by atoms with Gasteiger partial charge in [-0.05, 0) is 65.2 Å². The number of carbonyl (C=O) groups is 1. The minimum Gasteiger partial charge on any atom is -0.368 e. The van der Waals surface area contributed by atoms with E-state index in [2.05, 4.69) is 29.1 Å². The van der Waals surface area contributed by atoms with Crippen LogP contribution in [0.2, 0.25) is 0 Å². The minimum absolute atomic E-state index is 0.160. The summed E-state index contributed by atoms with van der Waals surface area (Å²) in [6.45, 7) is 7.58. The monoisotopic (exact) mass is 296 g/mol. The average Bonchev–Trinajstić information content (AvgIpc) is 2.70. The number of rotatable bonds is 5. The molecule has 0 spiro atoms. The molecular formula is C16H32N4O. The molecule has 1 aliphatic heterocycles. The van der Waals surface area contributed by atoms with Gasteiger partial charge in [0, 0.05) is 19.1 Å². The van der Waals surface area contributed by atoms with E-state index in [0.29, 0.717) is 6.04 Å². The molecule has 0 aromatic heterocycles. The first-order valence-corrected chi connectivity index (χ1v) is 8.55. The second kappa shape index (κ2) is 7.56. The van der Waals surface area contributed by atoms with Crippen molar-refractivity contribution < 1.29 is 4.79 Å². The van der Waals surface area contributed by atoms with Gasteiger partial charge in [0.05, 0.1) is 5.54 Å². The molecule has 0 bridgehead atoms. The molecule has 1 saturated carbocycles. The van der Waals surface area contributed by atoms with Crippen molar-refractivity contribution in [1.29, 1.82) is 0 Å². The van der Waals surface area contributed by atoms with Crippen LogP contribution in [0.1, 0.15) is 45.4 Å². The van der Waals surface area contributed by atoms with E-state index in [1.807, 2.05) is 0 Å². The first kappa shape index (κ1) is 16.7. The highest BCUT2D eigenvalue weighted by atomic mass is 16.1. The van der Waals surface area contributed by atoms with E-state index >= 15 is 0 Å². The summed E-state index contributed by atoms with van der Waals surface area (Å²) in [6.07, 6.45) is 6.33. The van der Waals surface area contributed by atoms with Gasteiger partial charge >= 0.3 is 0 Å². The Kier molecular flexibility index (Phi) is 6.02. The van der Waals surface area contributed by atoms with Crippen molar-refractivity contribution in [1.82, 2.24) is 15.1 Å². The minimum atomic E-state index is -0.475. The summed E-state index contributed by atoms with van der Waals surface area (Å²) in [4.78, 5) is 17.1. The Balaban J connectivity index is 2.02. The van der Waals surface area contributed by atoms with Gasteiger partial charge in [-0.1, -0.05) is 6.92 Å². The third-order valence-electron chi connectivity index (χ3n) is 5.18. The molecule has 122 valence electrons. The summed E-state index contributed by atoms with van der Waals surface area (Å²) in [5.74, 6) is -0.160. The summed E-state index contributed by atoms with van der Waals surface area (Å²) >= 11 is 0. The van der Waals surface area contributed by atoms with Gasteiger partial charge in [0.15, 0.2) is 0 Å².